The quantitative estimate of drug-likeness (QED) is 0.125. The standard InChI is InChI=1S/C37H40Cl4N2O8S/c1-37(2,3)51-36(45)42-18-17-27(23-11-15-26(16-12-23)48-19-20-49-34-29(39)9-6-10-30(34)40)32(31(42)22-50-52(4,46)47)35(44)43(25-13-14-25)21-24-7-5-8-28(38)33(24)41/h5-12,15-16,25,31H,13-14,17-22H2,1-4H3/t31-/m1/s1. The van der Waals surface area contributed by atoms with E-state index >= 15 is 0 Å². The summed E-state index contributed by atoms with van der Waals surface area (Å²) in [6.07, 6.45) is 2.04. The van der Waals surface area contributed by atoms with Crippen molar-refractivity contribution in [1.29, 1.82) is 0 Å². The predicted octanol–water partition coefficient (Wildman–Crippen LogP) is 8.69. The maximum atomic E-state index is 14.9. The molecule has 10 nitrogen and oxygen atoms in total. The molecule has 1 fully saturated rings. The minimum absolute atomic E-state index is 0.0941. The van der Waals surface area contributed by atoms with Gasteiger partial charge in [-0.2, -0.15) is 8.42 Å². The third kappa shape index (κ3) is 10.5. The van der Waals surface area contributed by atoms with E-state index in [9.17, 15) is 18.0 Å². The molecule has 2 amide bonds. The number of nitrogens with zero attached hydrogens (tertiary/aromatic N) is 2. The minimum atomic E-state index is -3.96. The normalized spacial score (nSPS) is 16.5. The van der Waals surface area contributed by atoms with Gasteiger partial charge in [-0.15, -0.1) is 0 Å². The number of amides is 2. The summed E-state index contributed by atoms with van der Waals surface area (Å²) in [6.45, 7) is 5.38. The first-order chi connectivity index (χ1) is 24.5. The summed E-state index contributed by atoms with van der Waals surface area (Å²) in [5.41, 5.74) is 1.36. The molecule has 0 bridgehead atoms. The molecular formula is C37H40Cl4N2O8S. The van der Waals surface area contributed by atoms with Gasteiger partial charge in [0.05, 0.1) is 39.0 Å². The summed E-state index contributed by atoms with van der Waals surface area (Å²) in [5, 5.41) is 1.48. The van der Waals surface area contributed by atoms with Gasteiger partial charge in [-0.1, -0.05) is 76.7 Å². The number of para-hydroxylation sites is 1. The first-order valence-electron chi connectivity index (χ1n) is 16.6. The zero-order valence-electron chi connectivity index (χ0n) is 29.2. The highest BCUT2D eigenvalue weighted by Gasteiger charge is 2.43. The first-order valence-corrected chi connectivity index (χ1v) is 20.0. The summed E-state index contributed by atoms with van der Waals surface area (Å²) in [4.78, 5) is 31.6. The molecule has 1 atom stereocenters. The largest absolute Gasteiger partial charge is 0.490 e. The van der Waals surface area contributed by atoms with Crippen LogP contribution in [0.1, 0.15) is 51.2 Å². The Morgan fingerprint density at radius 3 is 2.12 bits per heavy atom. The van der Waals surface area contributed by atoms with Crippen LogP contribution in [-0.4, -0.2) is 80.5 Å². The first kappa shape index (κ1) is 40.0. The van der Waals surface area contributed by atoms with Gasteiger partial charge in [-0.3, -0.25) is 13.9 Å². The Bertz CT molecular complexity index is 1910. The van der Waals surface area contributed by atoms with Crippen LogP contribution < -0.4 is 9.47 Å². The Hall–Kier alpha value is -3.19. The summed E-state index contributed by atoms with van der Waals surface area (Å²) in [7, 11) is -3.96. The van der Waals surface area contributed by atoms with Gasteiger partial charge in [0, 0.05) is 24.7 Å². The smallest absolute Gasteiger partial charge is 0.410 e. The highest BCUT2D eigenvalue weighted by atomic mass is 35.5. The van der Waals surface area contributed by atoms with E-state index in [0.29, 0.717) is 48.3 Å². The van der Waals surface area contributed by atoms with Gasteiger partial charge >= 0.3 is 6.09 Å². The lowest BCUT2D eigenvalue weighted by molar-refractivity contribution is -0.129. The fraction of sp³-hybridized carbons (Fsp3) is 0.405. The van der Waals surface area contributed by atoms with Crippen molar-refractivity contribution < 1.29 is 36.4 Å². The van der Waals surface area contributed by atoms with Gasteiger partial charge in [0.2, 0.25) is 0 Å². The van der Waals surface area contributed by atoms with Crippen LogP contribution in [-0.2, 0) is 30.4 Å². The molecule has 1 aliphatic heterocycles. The molecule has 5 rings (SSSR count). The van der Waals surface area contributed by atoms with Gasteiger partial charge in [0.15, 0.2) is 5.75 Å². The SMILES string of the molecule is CC(C)(C)OC(=O)N1CCC(c2ccc(OCCOc3c(Cl)cccc3Cl)cc2)=C(C(=O)N(Cc2cccc(Cl)c2Cl)C2CC2)[C@H]1COS(C)(=O)=O. The van der Waals surface area contributed by atoms with Crippen LogP contribution in [0.25, 0.3) is 5.57 Å². The molecule has 0 radical (unpaired) electrons. The molecule has 2 aliphatic rings. The highest BCUT2D eigenvalue weighted by molar-refractivity contribution is 7.86. The van der Waals surface area contributed by atoms with Crippen LogP contribution >= 0.6 is 46.4 Å². The number of carbonyl (C=O) groups excluding carboxylic acids is 2. The zero-order chi connectivity index (χ0) is 37.8. The van der Waals surface area contributed by atoms with Crippen molar-refractivity contribution in [3.8, 4) is 11.5 Å². The molecule has 1 aliphatic carbocycles. The lowest BCUT2D eigenvalue weighted by atomic mass is 9.87. The molecule has 0 spiro atoms. The van der Waals surface area contributed by atoms with E-state index < -0.39 is 34.5 Å². The van der Waals surface area contributed by atoms with Crippen LogP contribution in [0.2, 0.25) is 20.1 Å². The van der Waals surface area contributed by atoms with Crippen molar-refractivity contribution in [3.05, 3.63) is 97.5 Å². The molecule has 280 valence electrons. The van der Waals surface area contributed by atoms with Crippen LogP contribution in [0.5, 0.6) is 11.5 Å². The maximum absolute atomic E-state index is 14.9. The van der Waals surface area contributed by atoms with Crippen molar-refractivity contribution in [2.45, 2.75) is 64.3 Å². The average molecular weight is 815 g/mol. The van der Waals surface area contributed by atoms with Crippen molar-refractivity contribution in [1.82, 2.24) is 9.80 Å². The van der Waals surface area contributed by atoms with E-state index in [1.54, 1.807) is 74.2 Å². The van der Waals surface area contributed by atoms with Gasteiger partial charge in [-0.05, 0) is 87.1 Å². The molecule has 3 aromatic rings. The van der Waals surface area contributed by atoms with Crippen molar-refractivity contribution >= 4 is 74.1 Å². The van der Waals surface area contributed by atoms with E-state index in [4.69, 9.17) is 64.8 Å². The molecule has 15 heteroatoms. The summed E-state index contributed by atoms with van der Waals surface area (Å²) in [6, 6.07) is 16.3. The second-order valence-corrected chi connectivity index (χ2v) is 16.7. The van der Waals surface area contributed by atoms with E-state index in [-0.39, 0.29) is 50.2 Å². The van der Waals surface area contributed by atoms with Crippen LogP contribution in [0.3, 0.4) is 0 Å². The number of carbonyl (C=O) groups is 2. The van der Waals surface area contributed by atoms with Gasteiger partial charge < -0.3 is 19.1 Å². The Morgan fingerprint density at radius 1 is 0.885 bits per heavy atom. The number of rotatable bonds is 13. The Kier molecular flexibility index (Phi) is 13.0. The number of hydrogen-bond donors (Lipinski definition) is 0. The van der Waals surface area contributed by atoms with Crippen LogP contribution in [0.4, 0.5) is 4.79 Å². The van der Waals surface area contributed by atoms with E-state index in [2.05, 4.69) is 0 Å². The molecule has 52 heavy (non-hydrogen) atoms. The fourth-order valence-corrected chi connectivity index (χ4v) is 7.05. The van der Waals surface area contributed by atoms with Crippen molar-refractivity contribution in [3.63, 3.8) is 0 Å². The van der Waals surface area contributed by atoms with Crippen LogP contribution in [0, 0.1) is 0 Å². The molecule has 0 saturated heterocycles. The number of halogens is 4. The summed E-state index contributed by atoms with van der Waals surface area (Å²) < 4.78 is 47.2. The van der Waals surface area contributed by atoms with Crippen molar-refractivity contribution in [2.75, 3.05) is 32.6 Å². The Morgan fingerprint density at radius 2 is 1.50 bits per heavy atom. The maximum Gasteiger partial charge on any atom is 0.410 e. The monoisotopic (exact) mass is 812 g/mol. The molecule has 0 N–H and O–H groups in total. The highest BCUT2D eigenvalue weighted by Crippen LogP contribution is 2.39. The van der Waals surface area contributed by atoms with Crippen molar-refractivity contribution in [2.24, 2.45) is 0 Å². The van der Waals surface area contributed by atoms with Gasteiger partial charge in [-0.25, -0.2) is 4.79 Å². The third-order valence-electron chi connectivity index (χ3n) is 8.28. The fourth-order valence-electron chi connectivity index (χ4n) is 5.79. The lowest BCUT2D eigenvalue weighted by Crippen LogP contribution is -2.52. The topological polar surface area (TPSA) is 112 Å². The van der Waals surface area contributed by atoms with Crippen LogP contribution in [0.15, 0.2) is 66.2 Å². The molecule has 3 aromatic carbocycles. The predicted molar refractivity (Wildman–Crippen MR) is 203 cm³/mol. The number of benzene rings is 3. The van der Waals surface area contributed by atoms with Gasteiger partial charge in [0.25, 0.3) is 16.0 Å². The molecular weight excluding hydrogens is 774 g/mol. The number of hydrogen-bond acceptors (Lipinski definition) is 8. The second-order valence-electron chi connectivity index (χ2n) is 13.5. The number of ether oxygens (including phenoxy) is 3. The minimum Gasteiger partial charge on any atom is -0.490 e. The second kappa shape index (κ2) is 16.9. The molecule has 1 heterocycles. The average Bonchev–Trinajstić information content (AvgIpc) is 3.91. The van der Waals surface area contributed by atoms with E-state index in [0.717, 1.165) is 19.1 Å². The zero-order valence-corrected chi connectivity index (χ0v) is 33.0. The Labute approximate surface area is 324 Å². The molecule has 0 unspecified atom stereocenters. The molecule has 0 aromatic heterocycles. The lowest BCUT2D eigenvalue weighted by Gasteiger charge is -2.40. The van der Waals surface area contributed by atoms with E-state index in [1.165, 1.54) is 4.90 Å². The summed E-state index contributed by atoms with van der Waals surface area (Å²) >= 11 is 25.3. The van der Waals surface area contributed by atoms with E-state index in [1.807, 2.05) is 12.1 Å². The third-order valence-corrected chi connectivity index (χ3v) is 10.3. The van der Waals surface area contributed by atoms with Gasteiger partial charge in [0.1, 0.15) is 24.6 Å². The Balaban J connectivity index is 1.49. The summed E-state index contributed by atoms with van der Waals surface area (Å²) in [5.74, 6) is 0.544. The molecule has 1 saturated carbocycles.